The lowest BCUT2D eigenvalue weighted by atomic mass is 10.2. The zero-order chi connectivity index (χ0) is 13.9. The minimum absolute atomic E-state index is 0.420. The van der Waals surface area contributed by atoms with Crippen molar-refractivity contribution >= 4 is 11.6 Å². The molecule has 1 unspecified atom stereocenters. The van der Waals surface area contributed by atoms with Crippen LogP contribution in [-0.2, 0) is 0 Å². The van der Waals surface area contributed by atoms with E-state index in [2.05, 4.69) is 15.3 Å². The number of aromatic nitrogens is 4. The number of benzene rings is 1. The van der Waals surface area contributed by atoms with Gasteiger partial charge in [0.2, 0.25) is 0 Å². The van der Waals surface area contributed by atoms with Crippen molar-refractivity contribution in [1.29, 1.82) is 0 Å². The number of halogens is 1. The van der Waals surface area contributed by atoms with E-state index in [4.69, 9.17) is 11.6 Å². The number of hydrogen-bond acceptors (Lipinski definition) is 4. The third-order valence-electron chi connectivity index (χ3n) is 2.86. The first-order valence-electron chi connectivity index (χ1n) is 6.02. The van der Waals surface area contributed by atoms with Crippen molar-refractivity contribution in [1.82, 2.24) is 20.0 Å². The van der Waals surface area contributed by atoms with Crippen molar-refractivity contribution in [2.75, 3.05) is 0 Å². The number of rotatable bonds is 3. The van der Waals surface area contributed by atoms with Crippen molar-refractivity contribution < 1.29 is 5.11 Å². The third kappa shape index (κ3) is 2.41. The normalized spacial score (nSPS) is 12.3. The fourth-order valence-corrected chi connectivity index (χ4v) is 2.07. The zero-order valence-electron chi connectivity index (χ0n) is 10.4. The van der Waals surface area contributed by atoms with Crippen LogP contribution in [0.2, 0.25) is 5.02 Å². The van der Waals surface area contributed by atoms with Crippen LogP contribution < -0.4 is 0 Å². The minimum Gasteiger partial charge on any atom is -0.380 e. The summed E-state index contributed by atoms with van der Waals surface area (Å²) in [6, 6.07) is 12.6. The molecule has 0 fully saturated rings. The fourth-order valence-electron chi connectivity index (χ4n) is 1.85. The summed E-state index contributed by atoms with van der Waals surface area (Å²) >= 11 is 6.10. The molecular weight excluding hydrogens is 276 g/mol. The molecule has 0 spiro atoms. The Morgan fingerprint density at radius 3 is 2.60 bits per heavy atom. The van der Waals surface area contributed by atoms with Gasteiger partial charge in [0.05, 0.1) is 22.6 Å². The highest BCUT2D eigenvalue weighted by molar-refractivity contribution is 6.32. The molecule has 20 heavy (non-hydrogen) atoms. The first-order valence-corrected chi connectivity index (χ1v) is 6.39. The predicted octanol–water partition coefficient (Wildman–Crippen LogP) is 2.40. The summed E-state index contributed by atoms with van der Waals surface area (Å²) in [6.07, 6.45) is 2.35. The van der Waals surface area contributed by atoms with Gasteiger partial charge >= 0.3 is 0 Å². The van der Waals surface area contributed by atoms with Crippen molar-refractivity contribution in [3.63, 3.8) is 0 Å². The molecule has 2 aromatic heterocycles. The van der Waals surface area contributed by atoms with Gasteiger partial charge in [-0.1, -0.05) is 35.0 Å². The second-order valence-corrected chi connectivity index (χ2v) is 4.60. The molecule has 0 saturated carbocycles. The van der Waals surface area contributed by atoms with Crippen LogP contribution in [0, 0.1) is 0 Å². The molecule has 3 aromatic rings. The Kier molecular flexibility index (Phi) is 3.45. The summed E-state index contributed by atoms with van der Waals surface area (Å²) in [4.78, 5) is 4.10. The summed E-state index contributed by atoms with van der Waals surface area (Å²) in [6.45, 7) is 0. The van der Waals surface area contributed by atoms with E-state index in [1.54, 1.807) is 30.6 Å². The maximum Gasteiger partial charge on any atom is 0.141 e. The Morgan fingerprint density at radius 1 is 1.05 bits per heavy atom. The van der Waals surface area contributed by atoms with Gasteiger partial charge in [-0.15, -0.1) is 5.10 Å². The number of pyridine rings is 1. The van der Waals surface area contributed by atoms with Gasteiger partial charge in [0.15, 0.2) is 0 Å². The van der Waals surface area contributed by atoms with Crippen LogP contribution in [0.15, 0.2) is 54.9 Å². The van der Waals surface area contributed by atoms with E-state index < -0.39 is 6.10 Å². The Morgan fingerprint density at radius 2 is 1.85 bits per heavy atom. The second-order valence-electron chi connectivity index (χ2n) is 4.20. The van der Waals surface area contributed by atoms with E-state index in [1.165, 1.54) is 4.68 Å². The molecule has 2 heterocycles. The molecule has 5 nitrogen and oxygen atoms in total. The number of hydrogen-bond donors (Lipinski definition) is 1. The predicted molar refractivity (Wildman–Crippen MR) is 74.7 cm³/mol. The lowest BCUT2D eigenvalue weighted by Crippen LogP contribution is -2.02. The molecule has 0 saturated heterocycles. The van der Waals surface area contributed by atoms with Gasteiger partial charge in [0.1, 0.15) is 11.8 Å². The lowest BCUT2D eigenvalue weighted by molar-refractivity contribution is 0.210. The molecule has 0 aliphatic carbocycles. The van der Waals surface area contributed by atoms with Crippen LogP contribution in [-0.4, -0.2) is 25.1 Å². The summed E-state index contributed by atoms with van der Waals surface area (Å²) in [5.74, 6) is 0. The number of para-hydroxylation sites is 1. The topological polar surface area (TPSA) is 63.8 Å². The fraction of sp³-hybridized carbons (Fsp3) is 0.0714. The first kappa shape index (κ1) is 12.8. The van der Waals surface area contributed by atoms with Crippen LogP contribution in [0.4, 0.5) is 0 Å². The van der Waals surface area contributed by atoms with Gasteiger partial charge < -0.3 is 5.11 Å². The molecule has 100 valence electrons. The molecule has 1 atom stereocenters. The van der Waals surface area contributed by atoms with Crippen molar-refractivity contribution in [2.45, 2.75) is 6.10 Å². The van der Waals surface area contributed by atoms with Gasteiger partial charge in [0.25, 0.3) is 0 Å². The smallest absolute Gasteiger partial charge is 0.141 e. The monoisotopic (exact) mass is 286 g/mol. The molecular formula is C14H11ClN4O. The molecule has 0 aliphatic heterocycles. The third-order valence-corrected chi connectivity index (χ3v) is 3.18. The van der Waals surface area contributed by atoms with E-state index >= 15 is 0 Å². The minimum atomic E-state index is -0.910. The standard InChI is InChI=1S/C14H11ClN4O/c15-10-5-1-2-7-13(10)19-9-12(17-18-19)14(20)11-6-3-4-8-16-11/h1-9,14,20H. The van der Waals surface area contributed by atoms with Crippen LogP contribution in [0.25, 0.3) is 5.69 Å². The van der Waals surface area contributed by atoms with Gasteiger partial charge in [-0.05, 0) is 24.3 Å². The molecule has 0 radical (unpaired) electrons. The Hall–Kier alpha value is -2.24. The number of aliphatic hydroxyl groups excluding tert-OH is 1. The van der Waals surface area contributed by atoms with Crippen LogP contribution in [0.1, 0.15) is 17.5 Å². The average molecular weight is 287 g/mol. The summed E-state index contributed by atoms with van der Waals surface area (Å²) < 4.78 is 1.53. The quantitative estimate of drug-likeness (QED) is 0.803. The van der Waals surface area contributed by atoms with Crippen LogP contribution >= 0.6 is 11.6 Å². The molecule has 0 amide bonds. The van der Waals surface area contributed by atoms with E-state index in [1.807, 2.05) is 24.3 Å². The highest BCUT2D eigenvalue weighted by Crippen LogP contribution is 2.22. The maximum absolute atomic E-state index is 10.2. The van der Waals surface area contributed by atoms with Crippen LogP contribution in [0.5, 0.6) is 0 Å². The molecule has 0 aliphatic rings. The molecule has 6 heteroatoms. The number of nitrogens with zero attached hydrogens (tertiary/aromatic N) is 4. The van der Waals surface area contributed by atoms with Gasteiger partial charge in [-0.3, -0.25) is 4.98 Å². The average Bonchev–Trinajstić information content (AvgIpc) is 2.97. The van der Waals surface area contributed by atoms with Gasteiger partial charge in [-0.2, -0.15) is 0 Å². The van der Waals surface area contributed by atoms with Crippen LogP contribution in [0.3, 0.4) is 0 Å². The summed E-state index contributed by atoms with van der Waals surface area (Å²) in [5.41, 5.74) is 1.66. The Balaban J connectivity index is 1.93. The maximum atomic E-state index is 10.2. The van der Waals surface area contributed by atoms with E-state index in [0.29, 0.717) is 22.1 Å². The molecule has 1 aromatic carbocycles. The SMILES string of the molecule is OC(c1ccccn1)c1cn(-c2ccccc2Cl)nn1. The molecule has 1 N–H and O–H groups in total. The first-order chi connectivity index (χ1) is 9.75. The highest BCUT2D eigenvalue weighted by atomic mass is 35.5. The zero-order valence-corrected chi connectivity index (χ0v) is 11.1. The largest absolute Gasteiger partial charge is 0.380 e. The lowest BCUT2D eigenvalue weighted by Gasteiger charge is -2.05. The van der Waals surface area contributed by atoms with Crippen molar-refractivity contribution in [2.24, 2.45) is 0 Å². The molecule has 3 rings (SSSR count). The van der Waals surface area contributed by atoms with Gasteiger partial charge in [0, 0.05) is 6.20 Å². The summed E-state index contributed by atoms with van der Waals surface area (Å²) in [5, 5.41) is 18.7. The second kappa shape index (κ2) is 5.40. The summed E-state index contributed by atoms with van der Waals surface area (Å²) in [7, 11) is 0. The highest BCUT2D eigenvalue weighted by Gasteiger charge is 2.16. The van der Waals surface area contributed by atoms with Crippen molar-refractivity contribution in [3.05, 3.63) is 71.3 Å². The van der Waals surface area contributed by atoms with E-state index in [9.17, 15) is 5.11 Å². The Labute approximate surface area is 120 Å². The van der Waals surface area contributed by atoms with E-state index in [-0.39, 0.29) is 0 Å². The van der Waals surface area contributed by atoms with E-state index in [0.717, 1.165) is 0 Å². The Bertz CT molecular complexity index is 714. The number of aliphatic hydroxyl groups is 1. The molecule has 0 bridgehead atoms. The van der Waals surface area contributed by atoms with Crippen molar-refractivity contribution in [3.8, 4) is 5.69 Å². The van der Waals surface area contributed by atoms with Gasteiger partial charge in [-0.25, -0.2) is 4.68 Å².